The van der Waals surface area contributed by atoms with E-state index in [0.717, 1.165) is 28.2 Å². The highest BCUT2D eigenvalue weighted by Crippen LogP contribution is 2.41. The molecule has 0 radical (unpaired) electrons. The summed E-state index contributed by atoms with van der Waals surface area (Å²) in [6, 6.07) is 13.3. The molecule has 6 nitrogen and oxygen atoms in total. The van der Waals surface area contributed by atoms with Gasteiger partial charge in [-0.25, -0.2) is 15.0 Å². The van der Waals surface area contributed by atoms with E-state index in [0.29, 0.717) is 18.1 Å². The lowest BCUT2D eigenvalue weighted by Gasteiger charge is -2.15. The smallest absolute Gasteiger partial charge is 0.325 e. The number of carbonyl (C=O) groups is 1. The van der Waals surface area contributed by atoms with Crippen LogP contribution in [-0.2, 0) is 23.7 Å². The van der Waals surface area contributed by atoms with Crippen molar-refractivity contribution in [3.63, 3.8) is 0 Å². The summed E-state index contributed by atoms with van der Waals surface area (Å²) in [5, 5.41) is 1.80. The summed E-state index contributed by atoms with van der Waals surface area (Å²) in [6.07, 6.45) is 0.806. The van der Waals surface area contributed by atoms with Crippen molar-refractivity contribution in [2.24, 2.45) is 5.92 Å². The minimum absolute atomic E-state index is 0.0715. The van der Waals surface area contributed by atoms with E-state index in [1.807, 2.05) is 41.0 Å². The number of hydrogen-bond donors (Lipinski definition) is 0. The SMILES string of the molecule is CC(C)CCOC(=O)Cn1c2ccccc2c2cc(-c3nc(C(Cl)(Cl)Cl)nc(C(Cl)(Cl)Cl)n3)ccc21. The number of benzene rings is 2. The molecule has 2 aromatic carbocycles. The Balaban J connectivity index is 1.81. The summed E-state index contributed by atoms with van der Waals surface area (Å²) < 4.78 is 3.44. The zero-order valence-electron chi connectivity index (χ0n) is 19.1. The average Bonchev–Trinajstić information content (AvgIpc) is 3.10. The van der Waals surface area contributed by atoms with Crippen molar-refractivity contribution < 1.29 is 9.53 Å². The first-order valence-corrected chi connectivity index (χ1v) is 13.2. The number of halogens is 6. The molecule has 0 fully saturated rings. The molecular formula is C24H20Cl6N4O2. The molecule has 0 atom stereocenters. The van der Waals surface area contributed by atoms with Gasteiger partial charge in [0.05, 0.1) is 6.61 Å². The van der Waals surface area contributed by atoms with E-state index in [1.165, 1.54) is 0 Å². The fourth-order valence-corrected chi connectivity index (χ4v) is 4.21. The van der Waals surface area contributed by atoms with Crippen molar-refractivity contribution in [2.75, 3.05) is 6.61 Å². The number of aromatic nitrogens is 4. The topological polar surface area (TPSA) is 69.9 Å². The fourth-order valence-electron chi connectivity index (χ4n) is 3.70. The third-order valence-electron chi connectivity index (χ3n) is 5.42. The van der Waals surface area contributed by atoms with Crippen LogP contribution in [0.4, 0.5) is 0 Å². The number of nitrogens with zero attached hydrogens (tertiary/aromatic N) is 4. The van der Waals surface area contributed by atoms with E-state index in [1.54, 1.807) is 6.07 Å². The van der Waals surface area contributed by atoms with E-state index in [2.05, 4.69) is 28.8 Å². The zero-order chi connectivity index (χ0) is 26.3. The maximum atomic E-state index is 12.6. The van der Waals surface area contributed by atoms with Gasteiger partial charge in [-0.15, -0.1) is 0 Å². The highest BCUT2D eigenvalue weighted by atomic mass is 35.6. The monoisotopic (exact) mass is 606 g/mol. The van der Waals surface area contributed by atoms with Crippen molar-refractivity contribution in [3.05, 3.63) is 54.1 Å². The fraction of sp³-hybridized carbons (Fsp3) is 0.333. The number of para-hydroxylation sites is 1. The second-order valence-electron chi connectivity index (χ2n) is 8.54. The minimum atomic E-state index is -1.96. The third kappa shape index (κ3) is 6.12. The molecule has 4 aromatic rings. The Morgan fingerprint density at radius 1 is 0.889 bits per heavy atom. The Morgan fingerprint density at radius 2 is 1.50 bits per heavy atom. The standard InChI is InChI=1S/C24H20Cl6N4O2/c1-13(2)9-10-36-19(35)12-34-17-6-4-3-5-15(17)16-11-14(7-8-18(16)34)20-31-21(23(25,26)27)33-22(32-20)24(28,29)30/h3-8,11,13H,9-10,12H2,1-2H3. The van der Waals surface area contributed by atoms with Crippen molar-refractivity contribution in [2.45, 2.75) is 34.4 Å². The molecule has 0 saturated heterocycles. The second-order valence-corrected chi connectivity index (χ2v) is 13.1. The average molecular weight is 609 g/mol. The first-order chi connectivity index (χ1) is 16.8. The molecule has 0 saturated carbocycles. The van der Waals surface area contributed by atoms with Gasteiger partial charge in [0.2, 0.25) is 7.59 Å². The predicted octanol–water partition coefficient (Wildman–Crippen LogP) is 7.89. The molecule has 0 spiro atoms. The number of ether oxygens (including phenoxy) is 1. The lowest BCUT2D eigenvalue weighted by Crippen LogP contribution is -2.16. The van der Waals surface area contributed by atoms with Gasteiger partial charge in [0.1, 0.15) is 6.54 Å². The van der Waals surface area contributed by atoms with Crippen molar-refractivity contribution in [1.29, 1.82) is 0 Å². The molecule has 0 unspecified atom stereocenters. The Hall–Kier alpha value is -1.54. The highest BCUT2D eigenvalue weighted by molar-refractivity contribution is 6.67. The normalized spacial score (nSPS) is 12.6. The molecule has 0 bridgehead atoms. The van der Waals surface area contributed by atoms with Crippen LogP contribution < -0.4 is 0 Å². The maximum absolute atomic E-state index is 12.6. The Labute approximate surface area is 237 Å². The molecule has 0 amide bonds. The summed E-state index contributed by atoms with van der Waals surface area (Å²) in [5.41, 5.74) is 2.29. The van der Waals surface area contributed by atoms with Crippen molar-refractivity contribution >= 4 is 97.4 Å². The molecule has 0 aliphatic carbocycles. The molecule has 0 aliphatic heterocycles. The molecule has 36 heavy (non-hydrogen) atoms. The van der Waals surface area contributed by atoms with Crippen LogP contribution >= 0.6 is 69.6 Å². The predicted molar refractivity (Wildman–Crippen MR) is 147 cm³/mol. The van der Waals surface area contributed by atoms with E-state index in [4.69, 9.17) is 74.3 Å². The third-order valence-corrected chi connectivity index (χ3v) is 6.43. The molecule has 0 N–H and O–H groups in total. The Bertz CT molecular complexity index is 1390. The van der Waals surface area contributed by atoms with Gasteiger partial charge in [-0.2, -0.15) is 0 Å². The summed E-state index contributed by atoms with van der Waals surface area (Å²) >= 11 is 36.1. The number of fused-ring (bicyclic) bond motifs is 3. The first-order valence-electron chi connectivity index (χ1n) is 10.9. The van der Waals surface area contributed by atoms with Gasteiger partial charge in [0.25, 0.3) is 0 Å². The van der Waals surface area contributed by atoms with Gasteiger partial charge in [0, 0.05) is 27.4 Å². The van der Waals surface area contributed by atoms with Crippen LogP contribution in [0.1, 0.15) is 31.9 Å². The number of esters is 1. The lowest BCUT2D eigenvalue weighted by molar-refractivity contribution is -0.144. The van der Waals surface area contributed by atoms with Crippen LogP contribution in [0.5, 0.6) is 0 Å². The first kappa shape index (κ1) is 27.5. The van der Waals surface area contributed by atoms with E-state index in [-0.39, 0.29) is 30.0 Å². The number of hydrogen-bond acceptors (Lipinski definition) is 5. The molecule has 2 aromatic heterocycles. The van der Waals surface area contributed by atoms with Gasteiger partial charge in [-0.1, -0.05) is 102 Å². The Morgan fingerprint density at radius 3 is 2.11 bits per heavy atom. The largest absolute Gasteiger partial charge is 0.464 e. The lowest BCUT2D eigenvalue weighted by atomic mass is 10.1. The molecular weight excluding hydrogens is 589 g/mol. The number of alkyl halides is 6. The summed E-state index contributed by atoms with van der Waals surface area (Å²) in [5.74, 6) is -0.0426. The van der Waals surface area contributed by atoms with Gasteiger partial charge in [-0.05, 0) is 36.6 Å². The number of carbonyl (C=O) groups excluding carboxylic acids is 1. The zero-order valence-corrected chi connectivity index (χ0v) is 23.6. The van der Waals surface area contributed by atoms with E-state index >= 15 is 0 Å². The van der Waals surface area contributed by atoms with Crippen molar-refractivity contribution in [3.8, 4) is 11.4 Å². The minimum Gasteiger partial charge on any atom is -0.464 e. The van der Waals surface area contributed by atoms with Crippen molar-refractivity contribution in [1.82, 2.24) is 19.5 Å². The molecule has 2 heterocycles. The summed E-state index contributed by atoms with van der Waals surface area (Å²) in [6.45, 7) is 4.62. The number of rotatable bonds is 6. The molecule has 190 valence electrons. The van der Waals surface area contributed by atoms with Crippen LogP contribution in [0.3, 0.4) is 0 Å². The Kier molecular flexibility index (Phi) is 8.15. The van der Waals surface area contributed by atoms with Gasteiger partial charge in [-0.3, -0.25) is 4.79 Å². The van der Waals surface area contributed by atoms with E-state index in [9.17, 15) is 4.79 Å². The van der Waals surface area contributed by atoms with Crippen LogP contribution in [0.25, 0.3) is 33.2 Å². The summed E-state index contributed by atoms with van der Waals surface area (Å²) in [7, 11) is 0. The highest BCUT2D eigenvalue weighted by Gasteiger charge is 2.34. The van der Waals surface area contributed by atoms with E-state index < -0.39 is 7.59 Å². The van der Waals surface area contributed by atoms with Gasteiger partial charge < -0.3 is 9.30 Å². The van der Waals surface area contributed by atoms with Crippen LogP contribution in [0.15, 0.2) is 42.5 Å². The maximum Gasteiger partial charge on any atom is 0.325 e. The van der Waals surface area contributed by atoms with Gasteiger partial charge in [0.15, 0.2) is 17.5 Å². The van der Waals surface area contributed by atoms with Crippen LogP contribution in [0, 0.1) is 5.92 Å². The van der Waals surface area contributed by atoms with Crippen LogP contribution in [-0.4, -0.2) is 32.1 Å². The summed E-state index contributed by atoms with van der Waals surface area (Å²) in [4.78, 5) is 25.2. The van der Waals surface area contributed by atoms with Gasteiger partial charge >= 0.3 is 5.97 Å². The van der Waals surface area contributed by atoms with Crippen LogP contribution in [0.2, 0.25) is 0 Å². The second kappa shape index (κ2) is 10.7. The molecule has 4 rings (SSSR count). The molecule has 0 aliphatic rings. The quantitative estimate of drug-likeness (QED) is 0.164. The molecule has 12 heteroatoms.